The van der Waals surface area contributed by atoms with E-state index in [-0.39, 0.29) is 11.8 Å². The van der Waals surface area contributed by atoms with Crippen LogP contribution in [0.5, 0.6) is 0 Å². The third kappa shape index (κ3) is 4.86. The first-order chi connectivity index (χ1) is 14.6. The fourth-order valence-electron chi connectivity index (χ4n) is 3.80. The van der Waals surface area contributed by atoms with Gasteiger partial charge in [0.25, 0.3) is 0 Å². The van der Waals surface area contributed by atoms with Gasteiger partial charge in [-0.25, -0.2) is 9.97 Å². The van der Waals surface area contributed by atoms with Gasteiger partial charge in [-0.1, -0.05) is 30.3 Å². The molecule has 3 heterocycles. The Morgan fingerprint density at radius 3 is 3.03 bits per heavy atom. The first-order valence-electron chi connectivity index (χ1n) is 10.3. The molecule has 4 rings (SSSR count). The van der Waals surface area contributed by atoms with E-state index in [1.54, 1.807) is 23.6 Å². The molecule has 1 atom stereocenters. The smallest absolute Gasteiger partial charge is 0.246 e. The fourth-order valence-corrected chi connectivity index (χ4v) is 4.33. The number of hydrogen-bond acceptors (Lipinski definition) is 6. The third-order valence-corrected chi connectivity index (χ3v) is 5.99. The van der Waals surface area contributed by atoms with E-state index < -0.39 is 0 Å². The number of pyridine rings is 1. The van der Waals surface area contributed by atoms with Crippen LogP contribution in [0, 0.1) is 0 Å². The van der Waals surface area contributed by atoms with Crippen molar-refractivity contribution in [2.75, 3.05) is 39.0 Å². The minimum Gasteiger partial charge on any atom is -0.339 e. The summed E-state index contributed by atoms with van der Waals surface area (Å²) in [6, 6.07) is 10.4. The monoisotopic (exact) mass is 421 g/mol. The van der Waals surface area contributed by atoms with Gasteiger partial charge < -0.3 is 15.1 Å². The SMILES string of the molecule is CN(C)C/C=C/C(=O)N1CCCC(c2cc3ccccc3c(Nc3nccs3)n2)C1. The van der Waals surface area contributed by atoms with Crippen molar-refractivity contribution in [2.24, 2.45) is 0 Å². The zero-order chi connectivity index (χ0) is 20.9. The van der Waals surface area contributed by atoms with Gasteiger partial charge >= 0.3 is 0 Å². The number of likely N-dealkylation sites (N-methyl/N-ethyl adjacent to an activating group) is 1. The standard InChI is InChI=1S/C23H27N5OS/c1-27(2)12-6-10-21(29)28-13-5-8-18(16-28)20-15-17-7-3-4-9-19(17)22(25-20)26-23-24-11-14-30-23/h3-4,6-7,9-11,14-15,18H,5,8,12-13,16H2,1-2H3,(H,24,25,26)/b10-6+. The second-order valence-corrected chi connectivity index (χ2v) is 8.76. The number of benzene rings is 1. The number of thiazole rings is 1. The summed E-state index contributed by atoms with van der Waals surface area (Å²) in [4.78, 5) is 25.9. The van der Waals surface area contributed by atoms with Crippen molar-refractivity contribution >= 4 is 39.0 Å². The van der Waals surface area contributed by atoms with E-state index in [2.05, 4.69) is 28.5 Å². The Bertz CT molecular complexity index is 1030. The summed E-state index contributed by atoms with van der Waals surface area (Å²) in [5.74, 6) is 1.14. The number of nitrogens with zero attached hydrogens (tertiary/aromatic N) is 4. The van der Waals surface area contributed by atoms with Gasteiger partial charge in [0.1, 0.15) is 5.82 Å². The first-order valence-corrected chi connectivity index (χ1v) is 11.1. The van der Waals surface area contributed by atoms with Crippen molar-refractivity contribution < 1.29 is 4.79 Å². The second-order valence-electron chi connectivity index (χ2n) is 7.87. The summed E-state index contributed by atoms with van der Waals surface area (Å²) >= 11 is 1.56. The van der Waals surface area contributed by atoms with Gasteiger partial charge in [-0.3, -0.25) is 4.79 Å². The third-order valence-electron chi connectivity index (χ3n) is 5.30. The number of hydrogen-bond donors (Lipinski definition) is 1. The van der Waals surface area contributed by atoms with Crippen LogP contribution in [0.15, 0.2) is 54.1 Å². The molecule has 1 saturated heterocycles. The minimum atomic E-state index is 0.0865. The van der Waals surface area contributed by atoms with E-state index in [0.29, 0.717) is 6.54 Å². The van der Waals surface area contributed by atoms with Gasteiger partial charge in [0, 0.05) is 54.3 Å². The van der Waals surface area contributed by atoms with Crippen LogP contribution in [0.1, 0.15) is 24.5 Å². The Hall–Kier alpha value is -2.77. The van der Waals surface area contributed by atoms with Crippen LogP contribution in [0.3, 0.4) is 0 Å². The average molecular weight is 422 g/mol. The highest BCUT2D eigenvalue weighted by molar-refractivity contribution is 7.13. The maximum Gasteiger partial charge on any atom is 0.246 e. The van der Waals surface area contributed by atoms with E-state index in [4.69, 9.17) is 4.98 Å². The van der Waals surface area contributed by atoms with Gasteiger partial charge in [0.2, 0.25) is 5.91 Å². The van der Waals surface area contributed by atoms with Gasteiger partial charge in [-0.2, -0.15) is 0 Å². The van der Waals surface area contributed by atoms with E-state index in [9.17, 15) is 4.79 Å². The zero-order valence-corrected chi connectivity index (χ0v) is 18.2. The van der Waals surface area contributed by atoms with Crippen LogP contribution in [0.2, 0.25) is 0 Å². The second kappa shape index (κ2) is 9.36. The van der Waals surface area contributed by atoms with E-state index in [1.165, 1.54) is 0 Å². The number of rotatable bonds is 6. The molecule has 0 radical (unpaired) electrons. The molecule has 0 aliphatic carbocycles. The van der Waals surface area contributed by atoms with Crippen LogP contribution in [0.25, 0.3) is 10.8 Å². The molecule has 30 heavy (non-hydrogen) atoms. The van der Waals surface area contributed by atoms with Crippen LogP contribution >= 0.6 is 11.3 Å². The Kier molecular flexibility index (Phi) is 6.40. The molecular weight excluding hydrogens is 394 g/mol. The highest BCUT2D eigenvalue weighted by atomic mass is 32.1. The quantitative estimate of drug-likeness (QED) is 0.603. The average Bonchev–Trinajstić information content (AvgIpc) is 3.26. The van der Waals surface area contributed by atoms with Crippen molar-refractivity contribution in [3.63, 3.8) is 0 Å². The number of amides is 1. The summed E-state index contributed by atoms with van der Waals surface area (Å²) in [5.41, 5.74) is 1.03. The molecule has 0 bridgehead atoms. The number of likely N-dealkylation sites (tertiary alicyclic amines) is 1. The Morgan fingerprint density at radius 2 is 2.23 bits per heavy atom. The fraction of sp³-hybridized carbons (Fsp3) is 0.348. The lowest BCUT2D eigenvalue weighted by Crippen LogP contribution is -2.38. The predicted molar refractivity (Wildman–Crippen MR) is 123 cm³/mol. The molecule has 1 N–H and O–H groups in total. The van der Waals surface area contributed by atoms with Gasteiger partial charge in [-0.15, -0.1) is 11.3 Å². The molecule has 1 aliphatic rings. The number of carbonyl (C=O) groups excluding carboxylic acids is 1. The molecule has 1 unspecified atom stereocenters. The summed E-state index contributed by atoms with van der Waals surface area (Å²) in [7, 11) is 3.99. The van der Waals surface area contributed by atoms with Crippen LogP contribution in [-0.2, 0) is 4.79 Å². The summed E-state index contributed by atoms with van der Waals surface area (Å²) < 4.78 is 0. The van der Waals surface area contributed by atoms with Crippen molar-refractivity contribution in [3.8, 4) is 0 Å². The van der Waals surface area contributed by atoms with Gasteiger partial charge in [0.15, 0.2) is 5.13 Å². The lowest BCUT2D eigenvalue weighted by atomic mass is 9.93. The lowest BCUT2D eigenvalue weighted by Gasteiger charge is -2.32. The minimum absolute atomic E-state index is 0.0865. The number of carbonyl (C=O) groups is 1. The normalized spacial score (nSPS) is 17.2. The maximum absolute atomic E-state index is 12.6. The Balaban J connectivity index is 1.57. The summed E-state index contributed by atoms with van der Waals surface area (Å²) in [6.07, 6.45) is 7.43. The number of piperidine rings is 1. The van der Waals surface area contributed by atoms with Gasteiger partial charge in [0.05, 0.1) is 0 Å². The molecule has 0 spiro atoms. The largest absolute Gasteiger partial charge is 0.339 e. The number of nitrogens with one attached hydrogen (secondary N) is 1. The molecule has 7 heteroatoms. The highest BCUT2D eigenvalue weighted by Gasteiger charge is 2.25. The molecule has 6 nitrogen and oxygen atoms in total. The molecule has 2 aromatic heterocycles. The summed E-state index contributed by atoms with van der Waals surface area (Å²) in [6.45, 7) is 2.27. The maximum atomic E-state index is 12.6. The number of aromatic nitrogens is 2. The Morgan fingerprint density at radius 1 is 1.37 bits per heavy atom. The van der Waals surface area contributed by atoms with E-state index in [0.717, 1.165) is 53.3 Å². The van der Waals surface area contributed by atoms with Crippen LogP contribution in [0.4, 0.5) is 10.9 Å². The zero-order valence-electron chi connectivity index (χ0n) is 17.4. The summed E-state index contributed by atoms with van der Waals surface area (Å²) in [5, 5.41) is 8.38. The number of fused-ring (bicyclic) bond motifs is 1. The van der Waals surface area contributed by atoms with E-state index >= 15 is 0 Å². The first kappa shape index (κ1) is 20.5. The highest BCUT2D eigenvalue weighted by Crippen LogP contribution is 2.32. The Labute approximate surface area is 181 Å². The van der Waals surface area contributed by atoms with Crippen molar-refractivity contribution in [2.45, 2.75) is 18.8 Å². The molecule has 0 saturated carbocycles. The topological polar surface area (TPSA) is 61.4 Å². The molecule has 1 aliphatic heterocycles. The number of anilines is 2. The molecule has 1 aromatic carbocycles. The van der Waals surface area contributed by atoms with E-state index in [1.807, 2.05) is 47.5 Å². The van der Waals surface area contributed by atoms with Crippen molar-refractivity contribution in [1.29, 1.82) is 0 Å². The predicted octanol–water partition coefficient (Wildman–Crippen LogP) is 4.26. The van der Waals surface area contributed by atoms with Crippen LogP contribution < -0.4 is 5.32 Å². The lowest BCUT2D eigenvalue weighted by molar-refractivity contribution is -0.127. The molecular formula is C23H27N5OS. The molecule has 1 amide bonds. The molecule has 1 fully saturated rings. The molecule has 3 aromatic rings. The van der Waals surface area contributed by atoms with Crippen LogP contribution in [-0.4, -0.2) is 59.4 Å². The molecule has 156 valence electrons. The van der Waals surface area contributed by atoms with Crippen molar-refractivity contribution in [1.82, 2.24) is 19.8 Å². The van der Waals surface area contributed by atoms with Crippen molar-refractivity contribution in [3.05, 3.63) is 59.8 Å². The van der Waals surface area contributed by atoms with Gasteiger partial charge in [-0.05, 0) is 38.4 Å².